The van der Waals surface area contributed by atoms with Gasteiger partial charge < -0.3 is 15.5 Å². The van der Waals surface area contributed by atoms with Crippen LogP contribution in [0.1, 0.15) is 22.3 Å². The molecule has 4 nitrogen and oxygen atoms in total. The molecular weight excluding hydrogens is 516 g/mol. The minimum absolute atomic E-state index is 0.0297. The summed E-state index contributed by atoms with van der Waals surface area (Å²) in [6, 6.07) is 18.3. The quantitative estimate of drug-likeness (QED) is 0.274. The van der Waals surface area contributed by atoms with Gasteiger partial charge in [0.05, 0.1) is 11.1 Å². The zero-order valence-electron chi connectivity index (χ0n) is 19.5. The van der Waals surface area contributed by atoms with Crippen LogP contribution in [-0.4, -0.2) is 29.0 Å². The van der Waals surface area contributed by atoms with Crippen molar-refractivity contribution in [2.24, 2.45) is 0 Å². The Labute approximate surface area is 215 Å². The monoisotopic (exact) mass is 539 g/mol. The second-order valence-electron chi connectivity index (χ2n) is 8.32. The number of alkyl halides is 6. The molecule has 0 aliphatic heterocycles. The lowest BCUT2D eigenvalue weighted by molar-refractivity contribution is -0.143. The van der Waals surface area contributed by atoms with E-state index in [1.807, 2.05) is 30.3 Å². The smallest absolute Gasteiger partial charge is 0.350 e. The molecule has 0 unspecified atom stereocenters. The minimum Gasteiger partial charge on any atom is -0.350 e. The maximum atomic E-state index is 13.3. The molecule has 0 aliphatic rings. The van der Waals surface area contributed by atoms with Gasteiger partial charge in [-0.3, -0.25) is 4.79 Å². The zero-order valence-corrected chi connectivity index (χ0v) is 20.3. The molecule has 196 valence electrons. The summed E-state index contributed by atoms with van der Waals surface area (Å²) in [7, 11) is 1.59. The first-order valence-corrected chi connectivity index (χ1v) is 11.4. The van der Waals surface area contributed by atoms with E-state index >= 15 is 0 Å². The van der Waals surface area contributed by atoms with Crippen LogP contribution in [0, 0.1) is 0 Å². The second-order valence-corrected chi connectivity index (χ2v) is 8.72. The van der Waals surface area contributed by atoms with Crippen LogP contribution in [0.2, 0.25) is 0 Å². The number of carbonyl (C=O) groups is 1. The van der Waals surface area contributed by atoms with Gasteiger partial charge in [0, 0.05) is 25.7 Å². The van der Waals surface area contributed by atoms with Crippen LogP contribution in [0.4, 0.5) is 32.0 Å². The Kier molecular flexibility index (Phi) is 8.80. The maximum absolute atomic E-state index is 13.3. The molecule has 3 aromatic rings. The van der Waals surface area contributed by atoms with Crippen molar-refractivity contribution < 1.29 is 31.1 Å². The molecule has 2 N–H and O–H groups in total. The Morgan fingerprint density at radius 1 is 0.838 bits per heavy atom. The van der Waals surface area contributed by atoms with Crippen molar-refractivity contribution in [1.82, 2.24) is 10.2 Å². The van der Waals surface area contributed by atoms with E-state index in [-0.39, 0.29) is 30.1 Å². The van der Waals surface area contributed by atoms with Crippen LogP contribution in [-0.2, 0) is 30.1 Å². The van der Waals surface area contributed by atoms with Crippen molar-refractivity contribution in [1.29, 1.82) is 0 Å². The second kappa shape index (κ2) is 11.6. The van der Waals surface area contributed by atoms with Crippen LogP contribution in [0.3, 0.4) is 0 Å². The average Bonchev–Trinajstić information content (AvgIpc) is 2.83. The topological polar surface area (TPSA) is 44.4 Å². The van der Waals surface area contributed by atoms with E-state index in [1.54, 1.807) is 37.4 Å². The molecule has 1 amide bonds. The average molecular weight is 540 g/mol. The van der Waals surface area contributed by atoms with E-state index in [9.17, 15) is 31.1 Å². The van der Waals surface area contributed by atoms with Crippen LogP contribution in [0.5, 0.6) is 0 Å². The van der Waals surface area contributed by atoms with Crippen LogP contribution >= 0.6 is 12.2 Å². The minimum atomic E-state index is -5.00. The van der Waals surface area contributed by atoms with Crippen LogP contribution in [0.15, 0.2) is 78.9 Å². The molecule has 11 heteroatoms. The molecule has 0 saturated carbocycles. The number of likely N-dealkylation sites (N-methyl/N-ethyl adjacent to an activating group) is 1. The van der Waals surface area contributed by atoms with Crippen molar-refractivity contribution >= 4 is 28.9 Å². The Morgan fingerprint density at radius 2 is 1.32 bits per heavy atom. The highest BCUT2D eigenvalue weighted by Crippen LogP contribution is 2.37. The van der Waals surface area contributed by atoms with E-state index in [2.05, 4.69) is 10.6 Å². The lowest BCUT2D eigenvalue weighted by atomic mass is 10.0. The lowest BCUT2D eigenvalue weighted by Crippen LogP contribution is -2.49. The van der Waals surface area contributed by atoms with Gasteiger partial charge in [0.1, 0.15) is 6.04 Å². The summed E-state index contributed by atoms with van der Waals surface area (Å²) in [5, 5.41) is 4.84. The third-order valence-electron chi connectivity index (χ3n) is 5.37. The van der Waals surface area contributed by atoms with Crippen LogP contribution in [0.25, 0.3) is 0 Å². The Bertz CT molecular complexity index is 1180. The first-order chi connectivity index (χ1) is 17.3. The van der Waals surface area contributed by atoms with Crippen molar-refractivity contribution in [3.05, 3.63) is 101 Å². The molecule has 0 aromatic heterocycles. The summed E-state index contributed by atoms with van der Waals surface area (Å²) >= 11 is 5.18. The van der Waals surface area contributed by atoms with Gasteiger partial charge in [0.2, 0.25) is 5.91 Å². The van der Waals surface area contributed by atoms with Crippen molar-refractivity contribution in [3.8, 4) is 0 Å². The van der Waals surface area contributed by atoms with Gasteiger partial charge in [-0.15, -0.1) is 0 Å². The number of hydrogen-bond acceptors (Lipinski definition) is 2. The highest BCUT2D eigenvalue weighted by atomic mass is 32.1. The van der Waals surface area contributed by atoms with Gasteiger partial charge in [0.15, 0.2) is 5.11 Å². The number of hydrogen-bond donors (Lipinski definition) is 2. The van der Waals surface area contributed by atoms with Gasteiger partial charge in [0.25, 0.3) is 0 Å². The van der Waals surface area contributed by atoms with Crippen molar-refractivity contribution in [3.63, 3.8) is 0 Å². The standard InChI is InChI=1S/C26H23F6N3OS/c1-35(16-18-10-6-3-7-11-18)23(36)22(12-17-8-4-2-5-9-17)34-24(37)33-21-14-19(25(27,28)29)13-20(15-21)26(30,31)32/h2-11,13-15,22H,12,16H2,1H3,(H2,33,34,37)/t22-/m0/s1. The van der Waals surface area contributed by atoms with Crippen molar-refractivity contribution in [2.45, 2.75) is 31.4 Å². The summed E-state index contributed by atoms with van der Waals surface area (Å²) in [5.41, 5.74) is -1.81. The number of amides is 1. The summed E-state index contributed by atoms with van der Waals surface area (Å²) in [4.78, 5) is 14.8. The predicted octanol–water partition coefficient (Wildman–Crippen LogP) is 6.28. The molecule has 0 spiro atoms. The number of nitrogens with zero attached hydrogens (tertiary/aromatic N) is 1. The van der Waals surface area contributed by atoms with E-state index in [0.717, 1.165) is 11.1 Å². The third-order valence-corrected chi connectivity index (χ3v) is 5.59. The van der Waals surface area contributed by atoms with Gasteiger partial charge >= 0.3 is 12.4 Å². The zero-order chi connectivity index (χ0) is 27.2. The molecule has 3 aromatic carbocycles. The van der Waals surface area contributed by atoms with E-state index in [1.165, 1.54) is 4.90 Å². The SMILES string of the molecule is CN(Cc1ccccc1)C(=O)[C@H](Cc1ccccc1)NC(=S)Nc1cc(C(F)(F)F)cc(C(F)(F)F)c1. The molecule has 37 heavy (non-hydrogen) atoms. The normalized spacial score (nSPS) is 12.5. The first kappa shape index (κ1) is 28.0. The van der Waals surface area contributed by atoms with Gasteiger partial charge in [-0.05, 0) is 41.5 Å². The number of halogens is 6. The molecular formula is C26H23F6N3OS. The number of carbonyl (C=O) groups excluding carboxylic acids is 1. The largest absolute Gasteiger partial charge is 0.416 e. The number of rotatable bonds is 7. The first-order valence-electron chi connectivity index (χ1n) is 11.0. The molecule has 0 aliphatic carbocycles. The Hall–Kier alpha value is -3.60. The van der Waals surface area contributed by atoms with Gasteiger partial charge in [-0.2, -0.15) is 26.3 Å². The summed E-state index contributed by atoms with van der Waals surface area (Å²) < 4.78 is 79.2. The molecule has 0 bridgehead atoms. The Morgan fingerprint density at radius 3 is 1.81 bits per heavy atom. The molecule has 0 radical (unpaired) electrons. The van der Waals surface area contributed by atoms with Gasteiger partial charge in [-0.1, -0.05) is 60.7 Å². The number of anilines is 1. The summed E-state index contributed by atoms with van der Waals surface area (Å²) in [5.74, 6) is -0.364. The highest BCUT2D eigenvalue weighted by Gasteiger charge is 2.37. The maximum Gasteiger partial charge on any atom is 0.416 e. The van der Waals surface area contributed by atoms with Crippen molar-refractivity contribution in [2.75, 3.05) is 12.4 Å². The summed E-state index contributed by atoms with van der Waals surface area (Å²) in [6.45, 7) is 0.287. The van der Waals surface area contributed by atoms with E-state index < -0.39 is 35.2 Å². The fourth-order valence-corrected chi connectivity index (χ4v) is 3.86. The molecule has 0 saturated heterocycles. The fraction of sp³-hybridized carbons (Fsp3) is 0.231. The molecule has 1 atom stereocenters. The highest BCUT2D eigenvalue weighted by molar-refractivity contribution is 7.80. The van der Waals surface area contributed by atoms with E-state index in [4.69, 9.17) is 12.2 Å². The predicted molar refractivity (Wildman–Crippen MR) is 133 cm³/mol. The molecule has 0 heterocycles. The lowest BCUT2D eigenvalue weighted by Gasteiger charge is -2.26. The Balaban J connectivity index is 1.82. The number of thiocarbonyl (C=S) groups is 1. The van der Waals surface area contributed by atoms with Crippen LogP contribution < -0.4 is 10.6 Å². The third kappa shape index (κ3) is 8.21. The molecule has 3 rings (SSSR count). The van der Waals surface area contributed by atoms with Gasteiger partial charge in [-0.25, -0.2) is 0 Å². The number of benzene rings is 3. The summed E-state index contributed by atoms with van der Waals surface area (Å²) in [6.07, 6.45) is -9.82. The molecule has 0 fully saturated rings. The van der Waals surface area contributed by atoms with E-state index in [0.29, 0.717) is 12.1 Å². The fourth-order valence-electron chi connectivity index (χ4n) is 3.60. The number of nitrogens with one attached hydrogen (secondary N) is 2.